The number of esters is 3. The molecule has 0 spiro atoms. The van der Waals surface area contributed by atoms with Gasteiger partial charge in [0.05, 0.1) is 37.0 Å². The van der Waals surface area contributed by atoms with Gasteiger partial charge in [-0.2, -0.15) is 0 Å². The van der Waals surface area contributed by atoms with E-state index in [4.69, 9.17) is 14.2 Å². The standard InChI is InChI=1S/C18H20O11/c1-3-27-16(24)8(6-10(20)21)12-11-7(5-9(19)13(22)14(11)23)17(25)29-15(12)18(26)28-4-2/h5,8,12,15,19,22-23H,3-4,6H2,1-2H3,(H,20,21)/t8-,12-,15-/m0/s1. The number of phenolic OH excluding ortho intramolecular Hbond substituents is 3. The van der Waals surface area contributed by atoms with Crippen LogP contribution in [0.4, 0.5) is 0 Å². The van der Waals surface area contributed by atoms with Crippen molar-refractivity contribution in [1.29, 1.82) is 0 Å². The molecule has 0 radical (unpaired) electrons. The first-order valence-corrected chi connectivity index (χ1v) is 8.67. The van der Waals surface area contributed by atoms with Crippen molar-refractivity contribution in [3.63, 3.8) is 0 Å². The molecular formula is C18H20O11. The normalized spacial score (nSPS) is 18.9. The number of rotatable bonds is 7. The van der Waals surface area contributed by atoms with Gasteiger partial charge in [-0.1, -0.05) is 0 Å². The maximum atomic E-state index is 12.5. The number of carboxylic acid groups (broad SMARTS) is 1. The zero-order valence-electron chi connectivity index (χ0n) is 15.6. The van der Waals surface area contributed by atoms with Crippen molar-refractivity contribution in [3.8, 4) is 17.2 Å². The lowest BCUT2D eigenvalue weighted by molar-refractivity contribution is -0.162. The predicted octanol–water partition coefficient (Wildman–Crippen LogP) is 0.643. The Bertz CT molecular complexity index is 845. The van der Waals surface area contributed by atoms with Gasteiger partial charge in [-0.15, -0.1) is 0 Å². The van der Waals surface area contributed by atoms with Gasteiger partial charge in [0, 0.05) is 5.56 Å². The van der Waals surface area contributed by atoms with Crippen LogP contribution in [0.25, 0.3) is 0 Å². The second-order valence-corrected chi connectivity index (χ2v) is 6.11. The monoisotopic (exact) mass is 412 g/mol. The van der Waals surface area contributed by atoms with Gasteiger partial charge in [-0.3, -0.25) is 9.59 Å². The lowest BCUT2D eigenvalue weighted by Crippen LogP contribution is -2.45. The summed E-state index contributed by atoms with van der Waals surface area (Å²) in [5, 5.41) is 39.2. The van der Waals surface area contributed by atoms with E-state index in [9.17, 15) is 39.6 Å². The van der Waals surface area contributed by atoms with Crippen LogP contribution < -0.4 is 0 Å². The van der Waals surface area contributed by atoms with Gasteiger partial charge in [0.2, 0.25) is 11.9 Å². The number of fused-ring (bicyclic) bond motifs is 1. The van der Waals surface area contributed by atoms with E-state index >= 15 is 0 Å². The molecule has 158 valence electrons. The van der Waals surface area contributed by atoms with Gasteiger partial charge in [0.1, 0.15) is 0 Å². The van der Waals surface area contributed by atoms with E-state index in [0.717, 1.165) is 6.07 Å². The van der Waals surface area contributed by atoms with Gasteiger partial charge in [-0.25, -0.2) is 9.59 Å². The molecular weight excluding hydrogens is 392 g/mol. The van der Waals surface area contributed by atoms with E-state index in [0.29, 0.717) is 0 Å². The predicted molar refractivity (Wildman–Crippen MR) is 92.4 cm³/mol. The van der Waals surface area contributed by atoms with Crippen molar-refractivity contribution in [3.05, 3.63) is 17.2 Å². The molecule has 0 amide bonds. The van der Waals surface area contributed by atoms with Crippen LogP contribution in [0.2, 0.25) is 0 Å². The molecule has 1 heterocycles. The highest BCUT2D eigenvalue weighted by Gasteiger charge is 2.50. The largest absolute Gasteiger partial charge is 0.504 e. The average Bonchev–Trinajstić information content (AvgIpc) is 2.65. The molecule has 11 nitrogen and oxygen atoms in total. The Morgan fingerprint density at radius 3 is 2.28 bits per heavy atom. The highest BCUT2D eigenvalue weighted by Crippen LogP contribution is 2.49. The van der Waals surface area contributed by atoms with Crippen LogP contribution in [0.1, 0.15) is 42.1 Å². The van der Waals surface area contributed by atoms with Crippen molar-refractivity contribution in [2.24, 2.45) is 5.92 Å². The molecule has 11 heteroatoms. The Labute approximate surface area is 164 Å². The Hall–Kier alpha value is -3.50. The van der Waals surface area contributed by atoms with E-state index in [1.54, 1.807) is 0 Å². The molecule has 0 fully saturated rings. The topological polar surface area (TPSA) is 177 Å². The van der Waals surface area contributed by atoms with Crippen LogP contribution in [-0.2, 0) is 28.6 Å². The number of ether oxygens (including phenoxy) is 3. The smallest absolute Gasteiger partial charge is 0.348 e. The molecule has 0 saturated carbocycles. The number of carbonyl (C=O) groups excluding carboxylic acids is 3. The highest BCUT2D eigenvalue weighted by molar-refractivity contribution is 5.98. The maximum absolute atomic E-state index is 12.5. The summed E-state index contributed by atoms with van der Waals surface area (Å²) >= 11 is 0. The van der Waals surface area contributed by atoms with Crippen molar-refractivity contribution in [2.75, 3.05) is 13.2 Å². The minimum atomic E-state index is -1.79. The zero-order valence-corrected chi connectivity index (χ0v) is 15.6. The molecule has 0 saturated heterocycles. The first-order valence-electron chi connectivity index (χ1n) is 8.67. The minimum absolute atomic E-state index is 0.106. The third-order valence-corrected chi connectivity index (χ3v) is 4.34. The van der Waals surface area contributed by atoms with Gasteiger partial charge in [0.15, 0.2) is 11.5 Å². The maximum Gasteiger partial charge on any atom is 0.348 e. The van der Waals surface area contributed by atoms with E-state index < -0.39 is 76.6 Å². The summed E-state index contributed by atoms with van der Waals surface area (Å²) in [6, 6.07) is 0.782. The molecule has 1 aromatic carbocycles. The van der Waals surface area contributed by atoms with Gasteiger partial charge >= 0.3 is 23.9 Å². The minimum Gasteiger partial charge on any atom is -0.504 e. The number of carboxylic acids is 1. The Morgan fingerprint density at radius 1 is 1.10 bits per heavy atom. The molecule has 0 unspecified atom stereocenters. The second kappa shape index (κ2) is 8.67. The quantitative estimate of drug-likeness (QED) is 0.281. The number of benzene rings is 1. The van der Waals surface area contributed by atoms with Gasteiger partial charge in [0.25, 0.3) is 0 Å². The first kappa shape index (κ1) is 21.8. The molecule has 1 aromatic rings. The Morgan fingerprint density at radius 2 is 1.72 bits per heavy atom. The molecule has 0 aliphatic carbocycles. The second-order valence-electron chi connectivity index (χ2n) is 6.11. The summed E-state index contributed by atoms with van der Waals surface area (Å²) in [7, 11) is 0. The van der Waals surface area contributed by atoms with Crippen molar-refractivity contribution >= 4 is 23.9 Å². The van der Waals surface area contributed by atoms with E-state index in [2.05, 4.69) is 0 Å². The van der Waals surface area contributed by atoms with Crippen molar-refractivity contribution < 1.29 is 53.8 Å². The summed E-state index contributed by atoms with van der Waals surface area (Å²) in [6.07, 6.45) is -2.63. The third-order valence-electron chi connectivity index (χ3n) is 4.34. The number of aromatic hydroxyl groups is 3. The molecule has 2 rings (SSSR count). The fourth-order valence-corrected chi connectivity index (χ4v) is 3.19. The van der Waals surface area contributed by atoms with Crippen LogP contribution in [0.5, 0.6) is 17.2 Å². The fourth-order valence-electron chi connectivity index (χ4n) is 3.19. The van der Waals surface area contributed by atoms with E-state index in [-0.39, 0.29) is 13.2 Å². The highest BCUT2D eigenvalue weighted by atomic mass is 16.6. The molecule has 4 N–H and O–H groups in total. The van der Waals surface area contributed by atoms with Gasteiger partial charge in [-0.05, 0) is 19.9 Å². The number of carbonyl (C=O) groups is 4. The fraction of sp³-hybridized carbons (Fsp3) is 0.444. The van der Waals surface area contributed by atoms with Crippen LogP contribution in [0, 0.1) is 5.92 Å². The number of hydrogen-bond donors (Lipinski definition) is 4. The molecule has 1 aliphatic rings. The van der Waals surface area contributed by atoms with Crippen LogP contribution >= 0.6 is 0 Å². The summed E-state index contributed by atoms with van der Waals surface area (Å²) in [5.41, 5.74) is -0.864. The molecule has 29 heavy (non-hydrogen) atoms. The van der Waals surface area contributed by atoms with Crippen LogP contribution in [0.3, 0.4) is 0 Å². The lowest BCUT2D eigenvalue weighted by Gasteiger charge is -2.35. The number of phenols is 3. The molecule has 0 aromatic heterocycles. The molecule has 3 atom stereocenters. The first-order chi connectivity index (χ1) is 13.6. The van der Waals surface area contributed by atoms with Gasteiger partial charge < -0.3 is 34.6 Å². The SMILES string of the molecule is CCOC(=O)[C@@H](CC(=O)O)[C@H]1c2c(cc(O)c(O)c2O)C(=O)O[C@@H]1C(=O)OCC. The molecule has 0 bridgehead atoms. The summed E-state index contributed by atoms with van der Waals surface area (Å²) < 4.78 is 14.8. The van der Waals surface area contributed by atoms with E-state index in [1.165, 1.54) is 13.8 Å². The van der Waals surface area contributed by atoms with Crippen molar-refractivity contribution in [1.82, 2.24) is 0 Å². The Balaban J connectivity index is 2.75. The van der Waals surface area contributed by atoms with Crippen molar-refractivity contribution in [2.45, 2.75) is 32.3 Å². The summed E-state index contributed by atoms with van der Waals surface area (Å²) in [4.78, 5) is 48.6. The summed E-state index contributed by atoms with van der Waals surface area (Å²) in [6.45, 7) is 2.75. The summed E-state index contributed by atoms with van der Waals surface area (Å²) in [5.74, 6) is -10.7. The van der Waals surface area contributed by atoms with E-state index in [1.807, 2.05) is 0 Å². The number of aliphatic carboxylic acids is 1. The Kier molecular flexibility index (Phi) is 6.52. The average molecular weight is 412 g/mol. The molecule has 1 aliphatic heterocycles. The lowest BCUT2D eigenvalue weighted by atomic mass is 9.76. The third kappa shape index (κ3) is 4.18. The number of cyclic esters (lactones) is 1. The van der Waals surface area contributed by atoms with Crippen LogP contribution in [-0.4, -0.2) is 63.6 Å². The zero-order chi connectivity index (χ0) is 21.9. The number of hydrogen-bond acceptors (Lipinski definition) is 10. The van der Waals surface area contributed by atoms with Crippen LogP contribution in [0.15, 0.2) is 6.07 Å².